The van der Waals surface area contributed by atoms with E-state index in [1.807, 2.05) is 0 Å². The largest absolute Gasteiger partial charge is 0.493 e. The number of nitrogens with zero attached hydrogens (tertiary/aromatic N) is 3. The van der Waals surface area contributed by atoms with Crippen LogP contribution in [0, 0.1) is 5.82 Å². The van der Waals surface area contributed by atoms with Gasteiger partial charge in [0.05, 0.1) is 18.3 Å². The van der Waals surface area contributed by atoms with Crippen LogP contribution in [0.25, 0.3) is 10.9 Å². The number of anilines is 2. The Kier molecular flexibility index (Phi) is 8.09. The van der Waals surface area contributed by atoms with Crippen molar-refractivity contribution in [1.82, 2.24) is 14.9 Å². The highest BCUT2D eigenvalue weighted by molar-refractivity contribution is 6.30. The van der Waals surface area contributed by atoms with Gasteiger partial charge in [0.15, 0.2) is 11.5 Å². The Morgan fingerprint density at radius 2 is 1.97 bits per heavy atom. The zero-order valence-corrected chi connectivity index (χ0v) is 18.9. The molecule has 32 heavy (non-hydrogen) atoms. The predicted molar refractivity (Wildman–Crippen MR) is 125 cm³/mol. The lowest BCUT2D eigenvalue weighted by Gasteiger charge is -2.20. The second kappa shape index (κ2) is 10.8. The number of nitrogens with one attached hydrogen (secondary N) is 1. The van der Waals surface area contributed by atoms with Gasteiger partial charge in [-0.2, -0.15) is 0 Å². The monoisotopic (exact) mass is 480 g/mol. The lowest BCUT2D eigenvalue weighted by atomic mass is 10.2. The van der Waals surface area contributed by atoms with Gasteiger partial charge in [-0.15, -0.1) is 12.4 Å². The van der Waals surface area contributed by atoms with Crippen molar-refractivity contribution in [2.24, 2.45) is 0 Å². The van der Waals surface area contributed by atoms with Crippen LogP contribution in [-0.4, -0.2) is 59.4 Å². The van der Waals surface area contributed by atoms with Crippen LogP contribution in [0.2, 0.25) is 5.02 Å². The van der Waals surface area contributed by atoms with Gasteiger partial charge in [0.1, 0.15) is 30.7 Å². The Hall–Kier alpha value is -2.65. The van der Waals surface area contributed by atoms with E-state index in [0.29, 0.717) is 39.8 Å². The summed E-state index contributed by atoms with van der Waals surface area (Å²) in [5.41, 5.74) is 0.823. The number of β-amino-alcohol motifs (C(OH)–C–C–N with tert-alkyl or cyclic N) is 1. The van der Waals surface area contributed by atoms with Crippen LogP contribution in [-0.2, 0) is 0 Å². The third-order valence-corrected chi connectivity index (χ3v) is 5.13. The minimum Gasteiger partial charge on any atom is -0.493 e. The van der Waals surface area contributed by atoms with Gasteiger partial charge in [0.2, 0.25) is 0 Å². The van der Waals surface area contributed by atoms with Crippen LogP contribution in [0.3, 0.4) is 0 Å². The molecule has 0 spiro atoms. The van der Waals surface area contributed by atoms with Crippen LogP contribution in [0.4, 0.5) is 15.9 Å². The summed E-state index contributed by atoms with van der Waals surface area (Å²) in [6.45, 7) is 2.30. The maximum absolute atomic E-state index is 14.2. The third kappa shape index (κ3) is 5.58. The number of aliphatic hydroxyl groups is 1. The number of benzene rings is 2. The molecule has 0 radical (unpaired) electrons. The van der Waals surface area contributed by atoms with Gasteiger partial charge < -0.3 is 19.9 Å². The fraction of sp³-hybridized carbons (Fsp3) is 0.273. The van der Waals surface area contributed by atoms with Crippen molar-refractivity contribution in [3.63, 3.8) is 0 Å². The van der Waals surface area contributed by atoms with Crippen molar-refractivity contribution in [2.75, 3.05) is 38.7 Å². The first kappa shape index (κ1) is 24.0. The van der Waals surface area contributed by atoms with E-state index in [9.17, 15) is 9.50 Å². The maximum atomic E-state index is 14.2. The molecule has 4 rings (SSSR count). The summed E-state index contributed by atoms with van der Waals surface area (Å²) in [5.74, 6) is 0.832. The van der Waals surface area contributed by atoms with Crippen molar-refractivity contribution in [3.05, 3.63) is 59.7 Å². The predicted octanol–water partition coefficient (Wildman–Crippen LogP) is 4.21. The highest BCUT2D eigenvalue weighted by atomic mass is 35.5. The molecular weight excluding hydrogens is 458 g/mol. The molecule has 0 saturated carbocycles. The van der Waals surface area contributed by atoms with E-state index in [-0.39, 0.29) is 24.7 Å². The summed E-state index contributed by atoms with van der Waals surface area (Å²) in [6, 6.07) is 7.79. The van der Waals surface area contributed by atoms with Gasteiger partial charge in [-0.1, -0.05) is 23.8 Å². The van der Waals surface area contributed by atoms with E-state index in [1.165, 1.54) is 25.6 Å². The fourth-order valence-corrected chi connectivity index (χ4v) is 3.52. The maximum Gasteiger partial charge on any atom is 0.163 e. The second-order valence-electron chi connectivity index (χ2n) is 7.15. The molecule has 0 amide bonds. The molecule has 0 saturated heterocycles. The minimum absolute atomic E-state index is 0. The molecule has 7 nitrogen and oxygen atoms in total. The summed E-state index contributed by atoms with van der Waals surface area (Å²) in [6.07, 6.45) is 4.88. The van der Waals surface area contributed by atoms with Gasteiger partial charge >= 0.3 is 0 Å². The van der Waals surface area contributed by atoms with Crippen LogP contribution in [0.15, 0.2) is 48.8 Å². The zero-order chi connectivity index (χ0) is 21.8. The molecule has 170 valence electrons. The average Bonchev–Trinajstić information content (AvgIpc) is 3.26. The third-order valence-electron chi connectivity index (χ3n) is 4.90. The van der Waals surface area contributed by atoms with Crippen LogP contribution in [0.1, 0.15) is 0 Å². The van der Waals surface area contributed by atoms with E-state index in [1.54, 1.807) is 18.2 Å². The molecule has 2 aromatic carbocycles. The summed E-state index contributed by atoms with van der Waals surface area (Å²) < 4.78 is 25.5. The van der Waals surface area contributed by atoms with Gasteiger partial charge in [-0.3, -0.25) is 4.90 Å². The standard InChI is InChI=1S/C22H22ClFN4O3.ClH/c1-30-20-9-16-19(10-21(20)31-12-15(29)11-28-6-2-3-7-28)25-13-26-22(16)27-18-5-4-14(23)8-17(18)24;/h2-5,8-10,13,15,29H,6-7,11-12H2,1H3,(H,25,26,27);1H. The van der Waals surface area contributed by atoms with Crippen LogP contribution >= 0.6 is 24.0 Å². The van der Waals surface area contributed by atoms with Crippen molar-refractivity contribution >= 4 is 46.4 Å². The average molecular weight is 481 g/mol. The van der Waals surface area contributed by atoms with Crippen molar-refractivity contribution in [2.45, 2.75) is 6.10 Å². The van der Waals surface area contributed by atoms with Gasteiger partial charge in [0.25, 0.3) is 0 Å². The van der Waals surface area contributed by atoms with Gasteiger partial charge in [0, 0.05) is 36.1 Å². The van der Waals surface area contributed by atoms with E-state index >= 15 is 0 Å². The van der Waals surface area contributed by atoms with E-state index in [0.717, 1.165) is 13.1 Å². The number of halogens is 3. The Bertz CT molecular complexity index is 1110. The zero-order valence-electron chi connectivity index (χ0n) is 17.3. The van der Waals surface area contributed by atoms with E-state index in [4.69, 9.17) is 21.1 Å². The van der Waals surface area contributed by atoms with E-state index in [2.05, 4.69) is 32.3 Å². The summed E-state index contributed by atoms with van der Waals surface area (Å²) in [5, 5.41) is 14.2. The Morgan fingerprint density at radius 3 is 2.69 bits per heavy atom. The Labute approximate surface area is 196 Å². The Morgan fingerprint density at radius 1 is 1.19 bits per heavy atom. The van der Waals surface area contributed by atoms with E-state index < -0.39 is 11.9 Å². The number of rotatable bonds is 8. The fourth-order valence-electron chi connectivity index (χ4n) is 3.36. The summed E-state index contributed by atoms with van der Waals surface area (Å²) in [7, 11) is 1.52. The molecule has 1 aliphatic heterocycles. The summed E-state index contributed by atoms with van der Waals surface area (Å²) >= 11 is 5.82. The molecular formula is C22H23Cl2FN4O3. The molecule has 1 atom stereocenters. The van der Waals surface area contributed by atoms with Crippen LogP contribution in [0.5, 0.6) is 11.5 Å². The first-order valence-corrected chi connectivity index (χ1v) is 10.1. The minimum atomic E-state index is -0.643. The molecule has 0 fully saturated rings. The SMILES string of the molecule is COc1cc2c(Nc3ccc(Cl)cc3F)ncnc2cc1OCC(O)CN1CC=CC1.Cl. The topological polar surface area (TPSA) is 79.7 Å². The van der Waals surface area contributed by atoms with Crippen molar-refractivity contribution in [1.29, 1.82) is 0 Å². The first-order chi connectivity index (χ1) is 15.0. The Balaban J connectivity index is 0.00000289. The van der Waals surface area contributed by atoms with Crippen molar-refractivity contribution in [3.8, 4) is 11.5 Å². The number of hydrogen-bond donors (Lipinski definition) is 2. The number of aromatic nitrogens is 2. The highest BCUT2D eigenvalue weighted by Gasteiger charge is 2.16. The number of methoxy groups -OCH3 is 1. The molecule has 10 heteroatoms. The molecule has 3 aromatic rings. The van der Waals surface area contributed by atoms with Crippen LogP contribution < -0.4 is 14.8 Å². The molecule has 0 aliphatic carbocycles. The smallest absolute Gasteiger partial charge is 0.163 e. The first-order valence-electron chi connectivity index (χ1n) is 9.76. The number of hydrogen-bond acceptors (Lipinski definition) is 7. The second-order valence-corrected chi connectivity index (χ2v) is 7.58. The number of ether oxygens (including phenoxy) is 2. The molecule has 1 aromatic heterocycles. The number of fused-ring (bicyclic) bond motifs is 1. The highest BCUT2D eigenvalue weighted by Crippen LogP contribution is 2.35. The molecule has 2 heterocycles. The molecule has 2 N–H and O–H groups in total. The van der Waals surface area contributed by atoms with Crippen molar-refractivity contribution < 1.29 is 19.0 Å². The van der Waals surface area contributed by atoms with Gasteiger partial charge in [-0.25, -0.2) is 14.4 Å². The molecule has 1 aliphatic rings. The summed E-state index contributed by atoms with van der Waals surface area (Å²) in [4.78, 5) is 10.6. The lowest BCUT2D eigenvalue weighted by molar-refractivity contribution is 0.0762. The molecule has 0 bridgehead atoms. The van der Waals surface area contributed by atoms with Gasteiger partial charge in [-0.05, 0) is 24.3 Å². The molecule has 1 unspecified atom stereocenters. The lowest BCUT2D eigenvalue weighted by Crippen LogP contribution is -2.34. The quantitative estimate of drug-likeness (QED) is 0.467. The normalized spacial score (nSPS) is 14.2. The number of aliphatic hydroxyl groups excluding tert-OH is 1.